The van der Waals surface area contributed by atoms with Gasteiger partial charge in [-0.3, -0.25) is 9.59 Å². The summed E-state index contributed by atoms with van der Waals surface area (Å²) in [7, 11) is 0. The Morgan fingerprint density at radius 1 is 0.967 bits per heavy atom. The second kappa shape index (κ2) is 9.00. The van der Waals surface area contributed by atoms with Gasteiger partial charge in [-0.05, 0) is 45.8 Å². The van der Waals surface area contributed by atoms with Crippen LogP contribution >= 0.6 is 11.3 Å². The standard InChI is InChI=1S/C21H16F3NO4S/c22-21(23,24)29-17-7-5-15(6-8-17)16-10-18(30-12-16)20(28)25-11-14-3-1-13(2-4-14)9-19(26)27/h1-8,10,12H,9,11H2,(H,25,28)(H,26,27). The first-order valence-electron chi connectivity index (χ1n) is 8.72. The Morgan fingerprint density at radius 3 is 2.20 bits per heavy atom. The summed E-state index contributed by atoms with van der Waals surface area (Å²) in [6.07, 6.45) is -4.81. The third kappa shape index (κ3) is 6.08. The first-order chi connectivity index (χ1) is 14.2. The van der Waals surface area contributed by atoms with Gasteiger partial charge in [0.25, 0.3) is 5.91 Å². The third-order valence-electron chi connectivity index (χ3n) is 4.08. The van der Waals surface area contributed by atoms with Gasteiger partial charge in [-0.15, -0.1) is 24.5 Å². The molecule has 0 spiro atoms. The van der Waals surface area contributed by atoms with Gasteiger partial charge >= 0.3 is 12.3 Å². The van der Waals surface area contributed by atoms with E-state index in [0.29, 0.717) is 21.6 Å². The molecular weight excluding hydrogens is 419 g/mol. The number of nitrogens with one attached hydrogen (secondary N) is 1. The molecule has 0 fully saturated rings. The van der Waals surface area contributed by atoms with E-state index in [0.717, 1.165) is 5.56 Å². The average Bonchev–Trinajstić information content (AvgIpc) is 3.16. The number of amides is 1. The number of carbonyl (C=O) groups excluding carboxylic acids is 1. The van der Waals surface area contributed by atoms with E-state index in [4.69, 9.17) is 5.11 Å². The average molecular weight is 435 g/mol. The number of hydrogen-bond donors (Lipinski definition) is 2. The predicted molar refractivity (Wildman–Crippen MR) is 105 cm³/mol. The fourth-order valence-corrected chi connectivity index (χ4v) is 3.51. The van der Waals surface area contributed by atoms with Crippen LogP contribution in [0, 0.1) is 0 Å². The molecule has 5 nitrogen and oxygen atoms in total. The number of ether oxygens (including phenoxy) is 1. The van der Waals surface area contributed by atoms with Gasteiger partial charge < -0.3 is 15.2 Å². The quantitative estimate of drug-likeness (QED) is 0.555. The summed E-state index contributed by atoms with van der Waals surface area (Å²) in [4.78, 5) is 23.5. The smallest absolute Gasteiger partial charge is 0.481 e. The van der Waals surface area contributed by atoms with Gasteiger partial charge in [0, 0.05) is 6.54 Å². The van der Waals surface area contributed by atoms with E-state index in [1.54, 1.807) is 35.7 Å². The first kappa shape index (κ1) is 21.4. The van der Waals surface area contributed by atoms with Crippen LogP contribution in [0.4, 0.5) is 13.2 Å². The molecule has 156 valence electrons. The normalized spacial score (nSPS) is 11.2. The molecule has 0 aliphatic rings. The van der Waals surface area contributed by atoms with Crippen LogP contribution in [-0.2, 0) is 17.8 Å². The number of halogens is 3. The van der Waals surface area contributed by atoms with Crippen molar-refractivity contribution in [2.45, 2.75) is 19.3 Å². The lowest BCUT2D eigenvalue weighted by Gasteiger charge is -2.08. The largest absolute Gasteiger partial charge is 0.573 e. The fraction of sp³-hybridized carbons (Fsp3) is 0.143. The van der Waals surface area contributed by atoms with Gasteiger partial charge in [0.2, 0.25) is 0 Å². The molecule has 0 aliphatic heterocycles. The maximum atomic E-state index is 12.4. The summed E-state index contributed by atoms with van der Waals surface area (Å²) in [5.74, 6) is -1.50. The Hall–Kier alpha value is -3.33. The van der Waals surface area contributed by atoms with Crippen molar-refractivity contribution < 1.29 is 32.6 Å². The van der Waals surface area contributed by atoms with Crippen LogP contribution in [0.5, 0.6) is 5.75 Å². The number of carboxylic acid groups (broad SMARTS) is 1. The van der Waals surface area contributed by atoms with Gasteiger partial charge in [0.05, 0.1) is 11.3 Å². The van der Waals surface area contributed by atoms with Gasteiger partial charge in [-0.2, -0.15) is 0 Å². The lowest BCUT2D eigenvalue weighted by molar-refractivity contribution is -0.274. The molecule has 3 aromatic rings. The number of benzene rings is 2. The molecule has 1 heterocycles. The molecule has 0 bridgehead atoms. The van der Waals surface area contributed by atoms with Crippen LogP contribution in [0.25, 0.3) is 11.1 Å². The van der Waals surface area contributed by atoms with Gasteiger partial charge in [-0.25, -0.2) is 0 Å². The van der Waals surface area contributed by atoms with Gasteiger partial charge in [-0.1, -0.05) is 36.4 Å². The Morgan fingerprint density at radius 2 is 1.60 bits per heavy atom. The van der Waals surface area contributed by atoms with E-state index in [9.17, 15) is 22.8 Å². The minimum Gasteiger partial charge on any atom is -0.481 e. The summed E-state index contributed by atoms with van der Waals surface area (Å²) in [6.45, 7) is 0.281. The molecule has 30 heavy (non-hydrogen) atoms. The molecule has 9 heteroatoms. The molecule has 2 aromatic carbocycles. The van der Waals surface area contributed by atoms with Gasteiger partial charge in [0.15, 0.2) is 0 Å². The highest BCUT2D eigenvalue weighted by Gasteiger charge is 2.31. The van der Waals surface area contributed by atoms with Crippen LogP contribution in [0.1, 0.15) is 20.8 Å². The molecule has 1 aromatic heterocycles. The van der Waals surface area contributed by atoms with E-state index in [1.165, 1.54) is 35.6 Å². The maximum absolute atomic E-state index is 12.4. The summed E-state index contributed by atoms with van der Waals surface area (Å²) >= 11 is 1.22. The number of thiophene rings is 1. The van der Waals surface area contributed by atoms with Crippen molar-refractivity contribution in [3.8, 4) is 16.9 Å². The van der Waals surface area contributed by atoms with Crippen LogP contribution in [0.15, 0.2) is 60.0 Å². The van der Waals surface area contributed by atoms with Crippen molar-refractivity contribution in [3.05, 3.63) is 76.0 Å². The highest BCUT2D eigenvalue weighted by Crippen LogP contribution is 2.29. The Balaban J connectivity index is 1.59. The zero-order valence-electron chi connectivity index (χ0n) is 15.4. The van der Waals surface area contributed by atoms with E-state index in [-0.39, 0.29) is 24.6 Å². The van der Waals surface area contributed by atoms with Crippen molar-refractivity contribution in [3.63, 3.8) is 0 Å². The van der Waals surface area contributed by atoms with E-state index in [1.807, 2.05) is 0 Å². The highest BCUT2D eigenvalue weighted by molar-refractivity contribution is 7.12. The number of rotatable bonds is 7. The molecule has 2 N–H and O–H groups in total. The number of alkyl halides is 3. The number of carbonyl (C=O) groups is 2. The second-order valence-electron chi connectivity index (χ2n) is 6.34. The van der Waals surface area contributed by atoms with E-state index in [2.05, 4.69) is 10.1 Å². The van der Waals surface area contributed by atoms with Crippen molar-refractivity contribution >= 4 is 23.2 Å². The third-order valence-corrected chi connectivity index (χ3v) is 5.00. The second-order valence-corrected chi connectivity index (χ2v) is 7.25. The minimum atomic E-state index is -4.74. The maximum Gasteiger partial charge on any atom is 0.573 e. The molecule has 0 saturated carbocycles. The number of hydrogen-bond acceptors (Lipinski definition) is 4. The fourth-order valence-electron chi connectivity index (χ4n) is 2.67. The summed E-state index contributed by atoms with van der Waals surface area (Å²) in [6, 6.07) is 14.0. The molecule has 0 aliphatic carbocycles. The molecular formula is C21H16F3NO4S. The van der Waals surface area contributed by atoms with E-state index >= 15 is 0 Å². The first-order valence-corrected chi connectivity index (χ1v) is 9.60. The zero-order valence-corrected chi connectivity index (χ0v) is 16.2. The molecule has 0 radical (unpaired) electrons. The van der Waals surface area contributed by atoms with Crippen LogP contribution in [0.3, 0.4) is 0 Å². The van der Waals surface area contributed by atoms with Crippen LogP contribution < -0.4 is 10.1 Å². The molecule has 0 atom stereocenters. The molecule has 1 amide bonds. The predicted octanol–water partition coefficient (Wildman–Crippen LogP) is 4.87. The highest BCUT2D eigenvalue weighted by atomic mass is 32.1. The van der Waals surface area contributed by atoms with Crippen LogP contribution in [-0.4, -0.2) is 23.3 Å². The Bertz CT molecular complexity index is 1030. The lowest BCUT2D eigenvalue weighted by Crippen LogP contribution is -2.21. The summed E-state index contributed by atoms with van der Waals surface area (Å²) < 4.78 is 40.5. The van der Waals surface area contributed by atoms with Crippen molar-refractivity contribution in [2.75, 3.05) is 0 Å². The topological polar surface area (TPSA) is 75.6 Å². The minimum absolute atomic E-state index is 0.0616. The number of carboxylic acids is 1. The van der Waals surface area contributed by atoms with Crippen LogP contribution in [0.2, 0.25) is 0 Å². The molecule has 3 rings (SSSR count). The van der Waals surface area contributed by atoms with E-state index < -0.39 is 12.3 Å². The lowest BCUT2D eigenvalue weighted by atomic mass is 10.1. The summed E-state index contributed by atoms with van der Waals surface area (Å²) in [5, 5.41) is 13.3. The molecule has 0 saturated heterocycles. The Labute approximate surface area is 173 Å². The summed E-state index contributed by atoms with van der Waals surface area (Å²) in [5.41, 5.74) is 2.87. The van der Waals surface area contributed by atoms with Crippen molar-refractivity contribution in [1.82, 2.24) is 5.32 Å². The zero-order chi connectivity index (χ0) is 21.7. The van der Waals surface area contributed by atoms with Gasteiger partial charge in [0.1, 0.15) is 5.75 Å². The van der Waals surface area contributed by atoms with Crippen molar-refractivity contribution in [1.29, 1.82) is 0 Å². The number of aliphatic carboxylic acids is 1. The van der Waals surface area contributed by atoms with Crippen molar-refractivity contribution in [2.24, 2.45) is 0 Å². The SMILES string of the molecule is O=C(O)Cc1ccc(CNC(=O)c2cc(-c3ccc(OC(F)(F)F)cc3)cs2)cc1. The monoisotopic (exact) mass is 435 g/mol. The Kier molecular flexibility index (Phi) is 6.41. The molecule has 0 unspecified atom stereocenters.